The molecule has 1 atom stereocenters. The lowest BCUT2D eigenvalue weighted by Crippen LogP contribution is -2.38. The van der Waals surface area contributed by atoms with Crippen LogP contribution in [-0.4, -0.2) is 37.6 Å². The molecule has 0 spiro atoms. The number of hydrogen-bond donors (Lipinski definition) is 1. The molecule has 4 heteroatoms. The zero-order valence-electron chi connectivity index (χ0n) is 16.3. The van der Waals surface area contributed by atoms with Gasteiger partial charge in [-0.15, -0.1) is 0 Å². The van der Waals surface area contributed by atoms with Gasteiger partial charge in [-0.2, -0.15) is 0 Å². The van der Waals surface area contributed by atoms with Crippen LogP contribution in [0.25, 0.3) is 0 Å². The number of rotatable bonds is 9. The Labute approximate surface area is 157 Å². The number of nitrogens with one attached hydrogen (secondary N) is 1. The minimum absolute atomic E-state index is 0.0499. The molecule has 0 unspecified atom stereocenters. The van der Waals surface area contributed by atoms with Crippen LogP contribution in [0.2, 0.25) is 0 Å². The van der Waals surface area contributed by atoms with Crippen molar-refractivity contribution >= 4 is 5.91 Å². The predicted molar refractivity (Wildman–Crippen MR) is 107 cm³/mol. The van der Waals surface area contributed by atoms with E-state index in [2.05, 4.69) is 36.2 Å². The maximum atomic E-state index is 12.4. The van der Waals surface area contributed by atoms with Crippen molar-refractivity contribution in [2.75, 3.05) is 26.7 Å². The number of methoxy groups -OCH3 is 1. The van der Waals surface area contributed by atoms with E-state index < -0.39 is 0 Å². The molecule has 1 amide bonds. The van der Waals surface area contributed by atoms with E-state index in [4.69, 9.17) is 4.74 Å². The second-order valence-electron chi connectivity index (χ2n) is 6.48. The number of amides is 1. The first-order valence-electron chi connectivity index (χ1n) is 9.27. The lowest BCUT2D eigenvalue weighted by atomic mass is 10.0. The first-order chi connectivity index (χ1) is 12.6. The average Bonchev–Trinajstić information content (AvgIpc) is 2.67. The van der Waals surface area contributed by atoms with Gasteiger partial charge in [-0.25, -0.2) is 0 Å². The Morgan fingerprint density at radius 1 is 1.12 bits per heavy atom. The molecule has 0 aliphatic heterocycles. The number of hydrogen-bond acceptors (Lipinski definition) is 3. The Kier molecular flexibility index (Phi) is 7.67. The topological polar surface area (TPSA) is 41.6 Å². The van der Waals surface area contributed by atoms with E-state index in [1.807, 2.05) is 43.3 Å². The second kappa shape index (κ2) is 9.97. The highest BCUT2D eigenvalue weighted by Crippen LogP contribution is 2.23. The number of aryl methyl sites for hydroxylation is 1. The minimum atomic E-state index is 0.0499. The molecule has 0 aliphatic carbocycles. The first kappa shape index (κ1) is 20.0. The molecule has 0 bridgehead atoms. The molecule has 4 nitrogen and oxygen atoms in total. The smallest absolute Gasteiger partial charge is 0.224 e. The summed E-state index contributed by atoms with van der Waals surface area (Å²) in [7, 11) is 1.68. The summed E-state index contributed by atoms with van der Waals surface area (Å²) in [6.45, 7) is 8.76. The van der Waals surface area contributed by atoms with Gasteiger partial charge in [0.15, 0.2) is 0 Å². The normalized spacial score (nSPS) is 12.0. The van der Waals surface area contributed by atoms with Gasteiger partial charge in [0.25, 0.3) is 0 Å². The second-order valence-corrected chi connectivity index (χ2v) is 6.48. The van der Waals surface area contributed by atoms with E-state index in [9.17, 15) is 4.79 Å². The van der Waals surface area contributed by atoms with E-state index >= 15 is 0 Å². The molecular formula is C22H30N2O2. The molecule has 26 heavy (non-hydrogen) atoms. The average molecular weight is 354 g/mol. The number of ether oxygens (including phenoxy) is 1. The molecule has 2 aromatic carbocycles. The number of benzene rings is 2. The zero-order chi connectivity index (χ0) is 18.9. The fraction of sp³-hybridized carbons (Fsp3) is 0.409. The maximum Gasteiger partial charge on any atom is 0.224 e. The Balaban J connectivity index is 2.06. The lowest BCUT2D eigenvalue weighted by molar-refractivity contribution is -0.120. The monoisotopic (exact) mass is 354 g/mol. The maximum absolute atomic E-state index is 12.4. The third-order valence-electron chi connectivity index (χ3n) is 4.71. The van der Waals surface area contributed by atoms with Gasteiger partial charge in [0.05, 0.1) is 19.6 Å². The van der Waals surface area contributed by atoms with Gasteiger partial charge >= 0.3 is 0 Å². The van der Waals surface area contributed by atoms with Crippen molar-refractivity contribution < 1.29 is 9.53 Å². The van der Waals surface area contributed by atoms with Gasteiger partial charge in [0.2, 0.25) is 5.91 Å². The third-order valence-corrected chi connectivity index (χ3v) is 4.71. The first-order valence-corrected chi connectivity index (χ1v) is 9.27. The summed E-state index contributed by atoms with van der Waals surface area (Å²) in [6, 6.07) is 16.3. The molecular weight excluding hydrogens is 324 g/mol. The van der Waals surface area contributed by atoms with E-state index in [0.29, 0.717) is 13.0 Å². The van der Waals surface area contributed by atoms with E-state index in [1.54, 1.807) is 7.11 Å². The summed E-state index contributed by atoms with van der Waals surface area (Å²) >= 11 is 0. The highest BCUT2D eigenvalue weighted by molar-refractivity contribution is 5.78. The van der Waals surface area contributed by atoms with Crippen LogP contribution in [0.5, 0.6) is 5.75 Å². The standard InChI is InChI=1S/C22H30N2O2/c1-5-24(6-2)21(19-8-7-9-20(15-19)26-4)16-23-22(25)14-18-12-10-17(3)11-13-18/h7-13,15,21H,5-6,14,16H2,1-4H3,(H,23,25)/t21-/m0/s1. The van der Waals surface area contributed by atoms with Gasteiger partial charge < -0.3 is 10.1 Å². The summed E-state index contributed by atoms with van der Waals surface area (Å²) in [4.78, 5) is 14.7. The van der Waals surface area contributed by atoms with Crippen LogP contribution in [-0.2, 0) is 11.2 Å². The van der Waals surface area contributed by atoms with Crippen LogP contribution in [0.3, 0.4) is 0 Å². The van der Waals surface area contributed by atoms with Crippen LogP contribution < -0.4 is 10.1 Å². The molecule has 2 aromatic rings. The highest BCUT2D eigenvalue weighted by Gasteiger charge is 2.19. The molecule has 0 aliphatic rings. The van der Waals surface area contributed by atoms with Crippen molar-refractivity contribution in [2.45, 2.75) is 33.2 Å². The molecule has 1 N–H and O–H groups in total. The fourth-order valence-corrected chi connectivity index (χ4v) is 3.14. The van der Waals surface area contributed by atoms with Gasteiger partial charge in [-0.3, -0.25) is 9.69 Å². The van der Waals surface area contributed by atoms with Crippen LogP contribution in [0, 0.1) is 6.92 Å². The molecule has 0 heterocycles. The number of likely N-dealkylation sites (N-methyl/N-ethyl adjacent to an activating group) is 1. The number of nitrogens with zero attached hydrogens (tertiary/aromatic N) is 1. The quantitative estimate of drug-likeness (QED) is 0.746. The van der Waals surface area contributed by atoms with Crippen molar-refractivity contribution in [1.29, 1.82) is 0 Å². The predicted octanol–water partition coefficient (Wildman–Crippen LogP) is 3.75. The van der Waals surface area contributed by atoms with Gasteiger partial charge in [0, 0.05) is 6.54 Å². The van der Waals surface area contributed by atoms with Crippen molar-refractivity contribution in [3.8, 4) is 5.75 Å². The van der Waals surface area contributed by atoms with Crippen LogP contribution >= 0.6 is 0 Å². The summed E-state index contributed by atoms with van der Waals surface area (Å²) in [5.74, 6) is 0.888. The van der Waals surface area contributed by atoms with Crippen molar-refractivity contribution in [3.05, 3.63) is 65.2 Å². The van der Waals surface area contributed by atoms with Crippen LogP contribution in [0.15, 0.2) is 48.5 Å². The van der Waals surface area contributed by atoms with Crippen molar-refractivity contribution in [3.63, 3.8) is 0 Å². The van der Waals surface area contributed by atoms with E-state index in [1.165, 1.54) is 5.56 Å². The molecule has 0 saturated heterocycles. The van der Waals surface area contributed by atoms with Gasteiger partial charge in [-0.05, 0) is 43.3 Å². The lowest BCUT2D eigenvalue weighted by Gasteiger charge is -2.30. The fourth-order valence-electron chi connectivity index (χ4n) is 3.14. The Hall–Kier alpha value is -2.33. The molecule has 2 rings (SSSR count). The molecule has 0 aromatic heterocycles. The van der Waals surface area contributed by atoms with Crippen LogP contribution in [0.4, 0.5) is 0 Å². The van der Waals surface area contributed by atoms with E-state index in [-0.39, 0.29) is 11.9 Å². The molecule has 0 fully saturated rings. The summed E-state index contributed by atoms with van der Waals surface area (Å²) in [5.41, 5.74) is 3.39. The Morgan fingerprint density at radius 3 is 2.42 bits per heavy atom. The number of carbonyl (C=O) groups is 1. The van der Waals surface area contributed by atoms with Gasteiger partial charge in [-0.1, -0.05) is 55.8 Å². The largest absolute Gasteiger partial charge is 0.497 e. The summed E-state index contributed by atoms with van der Waals surface area (Å²) < 4.78 is 5.36. The highest BCUT2D eigenvalue weighted by atomic mass is 16.5. The SMILES string of the molecule is CCN(CC)[C@@H](CNC(=O)Cc1ccc(C)cc1)c1cccc(OC)c1. The van der Waals surface area contributed by atoms with Crippen LogP contribution in [0.1, 0.15) is 36.6 Å². The Bertz CT molecular complexity index is 694. The Morgan fingerprint density at radius 2 is 1.81 bits per heavy atom. The molecule has 0 saturated carbocycles. The van der Waals surface area contributed by atoms with Gasteiger partial charge in [0.1, 0.15) is 5.75 Å². The van der Waals surface area contributed by atoms with E-state index in [0.717, 1.165) is 30.0 Å². The molecule has 140 valence electrons. The van der Waals surface area contributed by atoms with Crippen molar-refractivity contribution in [1.82, 2.24) is 10.2 Å². The molecule has 0 radical (unpaired) electrons. The third kappa shape index (κ3) is 5.60. The minimum Gasteiger partial charge on any atom is -0.497 e. The summed E-state index contributed by atoms with van der Waals surface area (Å²) in [5, 5.41) is 3.11. The number of carbonyl (C=O) groups excluding carboxylic acids is 1. The zero-order valence-corrected chi connectivity index (χ0v) is 16.3. The van der Waals surface area contributed by atoms with Crippen molar-refractivity contribution in [2.24, 2.45) is 0 Å². The summed E-state index contributed by atoms with van der Waals surface area (Å²) in [6.07, 6.45) is 0.406.